The third kappa shape index (κ3) is 3.62. The Bertz CT molecular complexity index is 1650. The molecular formula is C26H22N6O2S. The van der Waals surface area contributed by atoms with Crippen LogP contribution in [0.3, 0.4) is 0 Å². The first-order chi connectivity index (χ1) is 17.1. The van der Waals surface area contributed by atoms with E-state index in [1.807, 2.05) is 31.3 Å². The minimum atomic E-state index is -0.223. The van der Waals surface area contributed by atoms with Crippen LogP contribution in [-0.4, -0.2) is 42.9 Å². The zero-order valence-electron chi connectivity index (χ0n) is 19.1. The zero-order valence-corrected chi connectivity index (χ0v) is 20.0. The van der Waals surface area contributed by atoms with Gasteiger partial charge in [0.05, 0.1) is 40.0 Å². The summed E-state index contributed by atoms with van der Waals surface area (Å²) in [6.45, 7) is 3.32. The molecule has 5 aromatic rings. The highest BCUT2D eigenvalue weighted by Gasteiger charge is 2.25. The van der Waals surface area contributed by atoms with Crippen molar-refractivity contribution >= 4 is 32.6 Å². The number of hydrogen-bond donors (Lipinski definition) is 0. The first-order valence-corrected chi connectivity index (χ1v) is 12.7. The van der Waals surface area contributed by atoms with Gasteiger partial charge in [0.1, 0.15) is 0 Å². The second kappa shape index (κ2) is 8.00. The highest BCUT2D eigenvalue weighted by molar-refractivity contribution is 7.22. The molecule has 1 saturated heterocycles. The number of nitrogens with zero attached hydrogens (tertiary/aromatic N) is 6. The third-order valence-corrected chi connectivity index (χ3v) is 7.81. The molecule has 2 aliphatic rings. The van der Waals surface area contributed by atoms with Gasteiger partial charge in [-0.1, -0.05) is 0 Å². The Morgan fingerprint density at radius 3 is 2.66 bits per heavy atom. The Balaban J connectivity index is 1.39. The van der Waals surface area contributed by atoms with Crippen LogP contribution in [0.1, 0.15) is 48.2 Å². The first kappa shape index (κ1) is 20.8. The summed E-state index contributed by atoms with van der Waals surface area (Å²) in [4.78, 5) is 32.7. The smallest absolute Gasteiger partial charge is 0.236 e. The molecule has 9 heteroatoms. The summed E-state index contributed by atoms with van der Waals surface area (Å²) in [5, 5.41) is 5.84. The molecule has 0 bridgehead atoms. The largest absolute Gasteiger partial charge is 0.381 e. The maximum atomic E-state index is 13.5. The molecule has 6 heterocycles. The molecule has 0 aromatic carbocycles. The number of thiophene rings is 1. The second-order valence-electron chi connectivity index (χ2n) is 9.31. The van der Waals surface area contributed by atoms with Crippen LogP contribution >= 0.6 is 11.3 Å². The van der Waals surface area contributed by atoms with Crippen molar-refractivity contribution in [2.45, 2.75) is 38.0 Å². The van der Waals surface area contributed by atoms with E-state index >= 15 is 0 Å². The number of hydrogen-bond acceptors (Lipinski definition) is 8. The van der Waals surface area contributed by atoms with Gasteiger partial charge in [-0.3, -0.25) is 14.8 Å². The average Bonchev–Trinajstić information content (AvgIpc) is 3.41. The molecule has 0 spiro atoms. The van der Waals surface area contributed by atoms with Gasteiger partial charge in [-0.15, -0.1) is 11.3 Å². The maximum absolute atomic E-state index is 13.5. The van der Waals surface area contributed by atoms with Crippen molar-refractivity contribution in [3.8, 4) is 16.3 Å². The van der Waals surface area contributed by atoms with E-state index in [1.54, 1.807) is 17.1 Å². The molecule has 0 unspecified atom stereocenters. The van der Waals surface area contributed by atoms with Crippen molar-refractivity contribution in [3.05, 3.63) is 70.2 Å². The summed E-state index contributed by atoms with van der Waals surface area (Å²) in [5.74, 6) is 0.886. The van der Waals surface area contributed by atoms with Crippen molar-refractivity contribution in [1.82, 2.24) is 29.7 Å². The number of aryl methyl sites for hydroxylation is 1. The molecule has 1 aliphatic heterocycles. The number of aromatic nitrogens is 6. The predicted molar refractivity (Wildman–Crippen MR) is 134 cm³/mol. The average molecular weight is 483 g/mol. The summed E-state index contributed by atoms with van der Waals surface area (Å²) in [6.07, 6.45) is 8.72. The lowest BCUT2D eigenvalue weighted by molar-refractivity contribution is 0.193. The normalized spacial score (nSPS) is 18.0. The van der Waals surface area contributed by atoms with E-state index in [9.17, 15) is 4.79 Å². The minimum Gasteiger partial charge on any atom is -0.381 e. The lowest BCUT2D eigenvalue weighted by atomic mass is 10.0. The van der Waals surface area contributed by atoms with Crippen LogP contribution in [0.4, 0.5) is 0 Å². The van der Waals surface area contributed by atoms with Gasteiger partial charge in [-0.25, -0.2) is 14.6 Å². The van der Waals surface area contributed by atoms with Crippen LogP contribution in [0.25, 0.3) is 37.5 Å². The number of pyridine rings is 2. The standard InChI is InChI=1S/C26H22N6O2S/c1-14-10-29-26-24(30-14)25(33)23(31-32(26)18-4-5-19(27-11-18)15-2-3-15)21-9-17-8-20(16-6-7-34-13-16)28-12-22(17)35-21/h4-5,8-12,15-16H,2-3,6-7,13H2,1H3/t16-/m0/s1. The maximum Gasteiger partial charge on any atom is 0.236 e. The van der Waals surface area contributed by atoms with E-state index in [4.69, 9.17) is 9.84 Å². The van der Waals surface area contributed by atoms with Gasteiger partial charge in [0, 0.05) is 36.0 Å². The minimum absolute atomic E-state index is 0.223. The van der Waals surface area contributed by atoms with E-state index in [1.165, 1.54) is 24.2 Å². The third-order valence-electron chi connectivity index (χ3n) is 6.72. The fourth-order valence-corrected chi connectivity index (χ4v) is 5.63. The molecule has 0 amide bonds. The molecule has 0 N–H and O–H groups in total. The highest BCUT2D eigenvalue weighted by Crippen LogP contribution is 2.39. The van der Waals surface area contributed by atoms with Gasteiger partial charge in [-0.05, 0) is 55.8 Å². The van der Waals surface area contributed by atoms with Crippen molar-refractivity contribution in [2.75, 3.05) is 13.2 Å². The predicted octanol–water partition coefficient (Wildman–Crippen LogP) is 4.54. The Hall–Kier alpha value is -3.56. The van der Waals surface area contributed by atoms with Crippen LogP contribution in [0.5, 0.6) is 0 Å². The van der Waals surface area contributed by atoms with Crippen molar-refractivity contribution in [2.24, 2.45) is 0 Å². The summed E-state index contributed by atoms with van der Waals surface area (Å²) < 4.78 is 8.24. The van der Waals surface area contributed by atoms with Crippen LogP contribution < -0.4 is 5.43 Å². The molecule has 174 valence electrons. The fraction of sp³-hybridized carbons (Fsp3) is 0.308. The summed E-state index contributed by atoms with van der Waals surface area (Å²) in [7, 11) is 0. The number of fused-ring (bicyclic) bond motifs is 2. The number of ether oxygens (including phenoxy) is 1. The molecule has 8 nitrogen and oxygen atoms in total. The Morgan fingerprint density at radius 1 is 1.00 bits per heavy atom. The quantitative estimate of drug-likeness (QED) is 0.371. The highest BCUT2D eigenvalue weighted by atomic mass is 32.1. The Kier molecular flexibility index (Phi) is 4.75. The molecule has 1 atom stereocenters. The van der Waals surface area contributed by atoms with Gasteiger partial charge in [0.15, 0.2) is 16.9 Å². The summed E-state index contributed by atoms with van der Waals surface area (Å²) in [5.41, 5.74) is 4.44. The summed E-state index contributed by atoms with van der Waals surface area (Å²) in [6, 6.07) is 8.17. The monoisotopic (exact) mass is 482 g/mol. The van der Waals surface area contributed by atoms with Crippen LogP contribution in [0.2, 0.25) is 0 Å². The first-order valence-electron chi connectivity index (χ1n) is 11.8. The topological polar surface area (TPSA) is 95.7 Å². The van der Waals surface area contributed by atoms with Gasteiger partial charge in [-0.2, -0.15) is 5.10 Å². The molecular weight excluding hydrogens is 460 g/mol. The van der Waals surface area contributed by atoms with Crippen molar-refractivity contribution in [1.29, 1.82) is 0 Å². The lowest BCUT2D eigenvalue weighted by Crippen LogP contribution is -2.18. The molecule has 2 fully saturated rings. The van der Waals surface area contributed by atoms with Crippen molar-refractivity contribution in [3.63, 3.8) is 0 Å². The molecule has 1 saturated carbocycles. The second-order valence-corrected chi connectivity index (χ2v) is 10.4. The molecule has 1 aliphatic carbocycles. The SMILES string of the molecule is Cc1cnc2c(n1)c(=O)c(-c1cc3cc([C@H]4CCOC4)ncc3s1)nn2-c1ccc(C2CC2)nc1. The van der Waals surface area contributed by atoms with Crippen LogP contribution in [-0.2, 0) is 4.74 Å². The van der Waals surface area contributed by atoms with Gasteiger partial charge in [0.2, 0.25) is 5.43 Å². The molecule has 35 heavy (non-hydrogen) atoms. The van der Waals surface area contributed by atoms with E-state index in [-0.39, 0.29) is 5.43 Å². The number of rotatable bonds is 4. The summed E-state index contributed by atoms with van der Waals surface area (Å²) >= 11 is 1.51. The lowest BCUT2D eigenvalue weighted by Gasteiger charge is -2.11. The van der Waals surface area contributed by atoms with E-state index in [2.05, 4.69) is 26.0 Å². The van der Waals surface area contributed by atoms with E-state index in [0.29, 0.717) is 41.0 Å². The Labute approximate surface area is 204 Å². The fourth-order valence-electron chi connectivity index (χ4n) is 4.64. The van der Waals surface area contributed by atoms with Gasteiger partial charge < -0.3 is 4.74 Å². The molecule has 0 radical (unpaired) electrons. The van der Waals surface area contributed by atoms with E-state index in [0.717, 1.165) is 45.1 Å². The van der Waals surface area contributed by atoms with Crippen LogP contribution in [0, 0.1) is 6.92 Å². The van der Waals surface area contributed by atoms with Gasteiger partial charge in [0.25, 0.3) is 0 Å². The van der Waals surface area contributed by atoms with Gasteiger partial charge >= 0.3 is 0 Å². The van der Waals surface area contributed by atoms with Crippen LogP contribution in [0.15, 0.2) is 47.7 Å². The molecule has 7 rings (SSSR count). The van der Waals surface area contributed by atoms with E-state index < -0.39 is 0 Å². The Morgan fingerprint density at radius 2 is 1.89 bits per heavy atom. The van der Waals surface area contributed by atoms with Crippen molar-refractivity contribution < 1.29 is 4.74 Å². The molecule has 5 aromatic heterocycles. The zero-order chi connectivity index (χ0) is 23.5.